The Morgan fingerprint density at radius 2 is 2.00 bits per heavy atom. The maximum Gasteiger partial charge on any atom is 0.219 e. The number of hydrogen-bond donors (Lipinski definition) is 1. The van der Waals surface area contributed by atoms with Gasteiger partial charge in [-0.05, 0) is 36.6 Å². The molecule has 3 heteroatoms. The number of aryl methyl sites for hydroxylation is 2. The van der Waals surface area contributed by atoms with E-state index in [1.54, 1.807) is 0 Å². The largest absolute Gasteiger partial charge is 0.439 e. The van der Waals surface area contributed by atoms with Crippen molar-refractivity contribution < 1.29 is 4.74 Å². The molecule has 0 aliphatic rings. The van der Waals surface area contributed by atoms with Gasteiger partial charge in [0.1, 0.15) is 5.75 Å². The zero-order valence-corrected chi connectivity index (χ0v) is 11.5. The fourth-order valence-corrected chi connectivity index (χ4v) is 1.96. The highest BCUT2D eigenvalue weighted by Gasteiger charge is 2.05. The molecule has 0 fully saturated rings. The van der Waals surface area contributed by atoms with Gasteiger partial charge in [-0.25, -0.2) is 4.98 Å². The van der Waals surface area contributed by atoms with E-state index in [1.807, 2.05) is 43.3 Å². The van der Waals surface area contributed by atoms with E-state index in [0.29, 0.717) is 12.4 Å². The third-order valence-corrected chi connectivity index (χ3v) is 2.96. The zero-order valence-electron chi connectivity index (χ0n) is 11.5. The van der Waals surface area contributed by atoms with Crippen LogP contribution in [0.1, 0.15) is 30.2 Å². The second-order valence-electron chi connectivity index (χ2n) is 4.63. The standard InChI is InChI=1S/C16H20N2O/c1-3-6-14-9-13(11-17)10-16(18-14)19-15-8-5-4-7-12(15)2/h4-5,7-10H,3,6,11,17H2,1-2H3. The van der Waals surface area contributed by atoms with Crippen molar-refractivity contribution in [2.75, 3.05) is 0 Å². The second-order valence-corrected chi connectivity index (χ2v) is 4.63. The Hall–Kier alpha value is -1.87. The summed E-state index contributed by atoms with van der Waals surface area (Å²) in [5.74, 6) is 1.47. The van der Waals surface area contributed by atoms with Gasteiger partial charge in [0.15, 0.2) is 0 Å². The average Bonchev–Trinajstić information content (AvgIpc) is 2.41. The quantitative estimate of drug-likeness (QED) is 0.889. The fraction of sp³-hybridized carbons (Fsp3) is 0.312. The summed E-state index contributed by atoms with van der Waals surface area (Å²) in [4.78, 5) is 4.53. The lowest BCUT2D eigenvalue weighted by atomic mass is 10.1. The summed E-state index contributed by atoms with van der Waals surface area (Å²) in [6.45, 7) is 4.66. The Morgan fingerprint density at radius 3 is 2.68 bits per heavy atom. The highest BCUT2D eigenvalue weighted by molar-refractivity contribution is 5.36. The lowest BCUT2D eigenvalue weighted by Gasteiger charge is -2.10. The van der Waals surface area contributed by atoms with Crippen molar-refractivity contribution >= 4 is 0 Å². The molecule has 0 unspecified atom stereocenters. The molecule has 0 aliphatic carbocycles. The van der Waals surface area contributed by atoms with Crippen LogP contribution in [-0.4, -0.2) is 4.98 Å². The summed E-state index contributed by atoms with van der Waals surface area (Å²) in [7, 11) is 0. The van der Waals surface area contributed by atoms with Crippen LogP contribution in [0, 0.1) is 6.92 Å². The highest BCUT2D eigenvalue weighted by Crippen LogP contribution is 2.24. The number of rotatable bonds is 5. The van der Waals surface area contributed by atoms with Crippen LogP contribution in [0.3, 0.4) is 0 Å². The molecule has 1 aromatic carbocycles. The highest BCUT2D eigenvalue weighted by atomic mass is 16.5. The van der Waals surface area contributed by atoms with Gasteiger partial charge >= 0.3 is 0 Å². The summed E-state index contributed by atoms with van der Waals surface area (Å²) in [5, 5.41) is 0. The Balaban J connectivity index is 2.29. The lowest BCUT2D eigenvalue weighted by molar-refractivity contribution is 0.456. The molecule has 0 aliphatic heterocycles. The van der Waals surface area contributed by atoms with E-state index in [9.17, 15) is 0 Å². The first kappa shape index (κ1) is 13.6. The van der Waals surface area contributed by atoms with Crippen LogP contribution in [0.25, 0.3) is 0 Å². The number of hydrogen-bond acceptors (Lipinski definition) is 3. The van der Waals surface area contributed by atoms with Crippen LogP contribution in [0.2, 0.25) is 0 Å². The number of para-hydroxylation sites is 1. The van der Waals surface area contributed by atoms with Gasteiger partial charge in [-0.3, -0.25) is 0 Å². The summed E-state index contributed by atoms with van der Waals surface area (Å²) in [6.07, 6.45) is 2.00. The van der Waals surface area contributed by atoms with Crippen molar-refractivity contribution in [3.05, 3.63) is 53.2 Å². The van der Waals surface area contributed by atoms with Crippen LogP contribution in [0.15, 0.2) is 36.4 Å². The predicted octanol–water partition coefficient (Wildman–Crippen LogP) is 3.59. The molecule has 3 nitrogen and oxygen atoms in total. The van der Waals surface area contributed by atoms with E-state index in [2.05, 4.69) is 11.9 Å². The van der Waals surface area contributed by atoms with E-state index in [4.69, 9.17) is 10.5 Å². The van der Waals surface area contributed by atoms with E-state index < -0.39 is 0 Å². The van der Waals surface area contributed by atoms with Crippen LogP contribution in [-0.2, 0) is 13.0 Å². The van der Waals surface area contributed by atoms with Crippen molar-refractivity contribution in [1.82, 2.24) is 4.98 Å². The van der Waals surface area contributed by atoms with E-state index in [0.717, 1.165) is 35.4 Å². The van der Waals surface area contributed by atoms with Gasteiger partial charge in [-0.15, -0.1) is 0 Å². The third-order valence-electron chi connectivity index (χ3n) is 2.96. The van der Waals surface area contributed by atoms with Crippen LogP contribution in [0.5, 0.6) is 11.6 Å². The molecule has 2 aromatic rings. The molecule has 1 heterocycles. The zero-order chi connectivity index (χ0) is 13.7. The summed E-state index contributed by atoms with van der Waals surface area (Å²) in [6, 6.07) is 11.9. The maximum atomic E-state index is 5.87. The number of nitrogens with zero attached hydrogens (tertiary/aromatic N) is 1. The van der Waals surface area contributed by atoms with E-state index in [1.165, 1.54) is 0 Å². The third kappa shape index (κ3) is 3.55. The Kier molecular flexibility index (Phi) is 4.53. The number of ether oxygens (including phenoxy) is 1. The molecular formula is C16H20N2O. The minimum atomic E-state index is 0.503. The molecule has 2 N–H and O–H groups in total. The van der Waals surface area contributed by atoms with Crippen molar-refractivity contribution in [2.24, 2.45) is 5.73 Å². The topological polar surface area (TPSA) is 48.1 Å². The van der Waals surface area contributed by atoms with E-state index in [-0.39, 0.29) is 0 Å². The van der Waals surface area contributed by atoms with E-state index >= 15 is 0 Å². The van der Waals surface area contributed by atoms with Crippen molar-refractivity contribution in [3.63, 3.8) is 0 Å². The van der Waals surface area contributed by atoms with Crippen LogP contribution in [0.4, 0.5) is 0 Å². The molecule has 100 valence electrons. The molecule has 19 heavy (non-hydrogen) atoms. The fourth-order valence-electron chi connectivity index (χ4n) is 1.96. The number of benzene rings is 1. The Morgan fingerprint density at radius 1 is 1.21 bits per heavy atom. The number of pyridine rings is 1. The monoisotopic (exact) mass is 256 g/mol. The molecule has 0 saturated carbocycles. The lowest BCUT2D eigenvalue weighted by Crippen LogP contribution is -2.01. The number of nitrogens with two attached hydrogens (primary N) is 1. The van der Waals surface area contributed by atoms with Crippen LogP contribution < -0.4 is 10.5 Å². The maximum absolute atomic E-state index is 5.87. The molecule has 0 radical (unpaired) electrons. The molecule has 0 amide bonds. The molecule has 2 rings (SSSR count). The summed E-state index contributed by atoms with van der Waals surface area (Å²) >= 11 is 0. The van der Waals surface area contributed by atoms with Crippen molar-refractivity contribution in [3.8, 4) is 11.6 Å². The smallest absolute Gasteiger partial charge is 0.219 e. The molecule has 0 bridgehead atoms. The SMILES string of the molecule is CCCc1cc(CN)cc(Oc2ccccc2C)n1. The summed E-state index contributed by atoms with van der Waals surface area (Å²) in [5.41, 5.74) is 8.91. The first-order valence-electron chi connectivity index (χ1n) is 6.66. The van der Waals surface area contributed by atoms with Gasteiger partial charge in [0.25, 0.3) is 0 Å². The normalized spacial score (nSPS) is 10.5. The predicted molar refractivity (Wildman–Crippen MR) is 77.4 cm³/mol. The van der Waals surface area contributed by atoms with Gasteiger partial charge in [0.05, 0.1) is 0 Å². The molecule has 0 spiro atoms. The average molecular weight is 256 g/mol. The van der Waals surface area contributed by atoms with Gasteiger partial charge in [0, 0.05) is 18.3 Å². The van der Waals surface area contributed by atoms with Crippen molar-refractivity contribution in [1.29, 1.82) is 0 Å². The Bertz CT molecular complexity index is 552. The van der Waals surface area contributed by atoms with Gasteiger partial charge in [0.2, 0.25) is 5.88 Å². The minimum absolute atomic E-state index is 0.503. The molecule has 1 aromatic heterocycles. The first-order valence-corrected chi connectivity index (χ1v) is 6.66. The number of aromatic nitrogens is 1. The second kappa shape index (κ2) is 6.34. The minimum Gasteiger partial charge on any atom is -0.439 e. The van der Waals surface area contributed by atoms with Gasteiger partial charge in [-0.2, -0.15) is 0 Å². The van der Waals surface area contributed by atoms with Gasteiger partial charge in [-0.1, -0.05) is 31.5 Å². The van der Waals surface area contributed by atoms with Crippen LogP contribution >= 0.6 is 0 Å². The molecule has 0 atom stereocenters. The first-order chi connectivity index (χ1) is 9.22. The van der Waals surface area contributed by atoms with Crippen molar-refractivity contribution in [2.45, 2.75) is 33.2 Å². The van der Waals surface area contributed by atoms with Gasteiger partial charge < -0.3 is 10.5 Å². The summed E-state index contributed by atoms with van der Waals surface area (Å²) < 4.78 is 5.87. The Labute approximate surface area is 114 Å². The molecular weight excluding hydrogens is 236 g/mol. The molecule has 0 saturated heterocycles.